The summed E-state index contributed by atoms with van der Waals surface area (Å²) in [5, 5.41) is 9.70. The van der Waals surface area contributed by atoms with Crippen molar-refractivity contribution < 1.29 is 4.42 Å². The lowest BCUT2D eigenvalue weighted by molar-refractivity contribution is 0.670. The largest absolute Gasteiger partial charge is 0.455 e. The molecule has 0 unspecified atom stereocenters. The second kappa shape index (κ2) is 11.6. The molecule has 0 aliphatic heterocycles. The summed E-state index contributed by atoms with van der Waals surface area (Å²) in [5.74, 6) is 0. The maximum Gasteiger partial charge on any atom is 0.143 e. The molecule has 0 saturated heterocycles. The fourth-order valence-corrected chi connectivity index (χ4v) is 7.34. The van der Waals surface area contributed by atoms with Gasteiger partial charge in [-0.2, -0.15) is 0 Å². The summed E-state index contributed by atoms with van der Waals surface area (Å²) in [7, 11) is 0. The number of para-hydroxylation sites is 1. The molecule has 0 bridgehead atoms. The van der Waals surface area contributed by atoms with Gasteiger partial charge in [-0.05, 0) is 96.9 Å². The van der Waals surface area contributed by atoms with Gasteiger partial charge in [0.2, 0.25) is 0 Å². The van der Waals surface area contributed by atoms with Crippen LogP contribution < -0.4 is 0 Å². The highest BCUT2D eigenvalue weighted by Crippen LogP contribution is 2.42. The molecule has 0 saturated carbocycles. The molecule has 8 aromatic carbocycles. The molecule has 0 radical (unpaired) electrons. The van der Waals surface area contributed by atoms with E-state index in [9.17, 15) is 0 Å². The van der Waals surface area contributed by atoms with Gasteiger partial charge in [-0.1, -0.05) is 152 Å². The van der Waals surface area contributed by atoms with E-state index in [1.54, 1.807) is 0 Å². The molecule has 0 aliphatic carbocycles. The van der Waals surface area contributed by atoms with Crippen molar-refractivity contribution in [2.75, 3.05) is 0 Å². The van der Waals surface area contributed by atoms with E-state index in [1.165, 1.54) is 65.5 Å². The van der Waals surface area contributed by atoms with Gasteiger partial charge in [0.1, 0.15) is 11.2 Å². The fourth-order valence-electron chi connectivity index (χ4n) is 7.34. The molecule has 9 aromatic rings. The van der Waals surface area contributed by atoms with Crippen LogP contribution in [0, 0.1) is 0 Å². The molecule has 0 aliphatic rings. The van der Waals surface area contributed by atoms with Crippen molar-refractivity contribution in [1.29, 1.82) is 0 Å². The fraction of sp³-hybridized carbons (Fsp3) is 0.0213. The van der Waals surface area contributed by atoms with Gasteiger partial charge in [-0.25, -0.2) is 0 Å². The third-order valence-corrected chi connectivity index (χ3v) is 9.57. The van der Waals surface area contributed by atoms with Crippen molar-refractivity contribution in [3.05, 3.63) is 175 Å². The Morgan fingerprint density at radius 1 is 0.458 bits per heavy atom. The summed E-state index contributed by atoms with van der Waals surface area (Å²) >= 11 is 0. The summed E-state index contributed by atoms with van der Waals surface area (Å²) in [4.78, 5) is 0. The molecule has 1 aromatic heterocycles. The minimum absolute atomic E-state index is 0.923. The van der Waals surface area contributed by atoms with E-state index in [2.05, 4.69) is 176 Å². The van der Waals surface area contributed by atoms with Crippen LogP contribution in [0.5, 0.6) is 0 Å². The number of hydrogen-bond acceptors (Lipinski definition) is 1. The maximum absolute atomic E-state index is 6.55. The molecule has 48 heavy (non-hydrogen) atoms. The van der Waals surface area contributed by atoms with Gasteiger partial charge in [-0.15, -0.1) is 0 Å². The van der Waals surface area contributed by atoms with E-state index in [0.717, 1.165) is 27.7 Å². The predicted octanol–water partition coefficient (Wildman–Crippen LogP) is 13.6. The average Bonchev–Trinajstić information content (AvgIpc) is 3.54. The molecule has 226 valence electrons. The zero-order valence-electron chi connectivity index (χ0n) is 26.7. The average molecular weight is 613 g/mol. The number of benzene rings is 8. The first kappa shape index (κ1) is 28.1. The van der Waals surface area contributed by atoms with E-state index < -0.39 is 0 Å². The SMILES string of the molecule is C/C=C\C=C/c1cc(-c2ccc3cc(-c4cccc5c4oc4ccc6ccccc6c45)ccc3c2)c2ccccc2c1-c1ccccc1. The summed E-state index contributed by atoms with van der Waals surface area (Å²) in [6, 6.07) is 54.8. The molecule has 0 amide bonds. The molecule has 1 nitrogen and oxygen atoms in total. The van der Waals surface area contributed by atoms with Crippen molar-refractivity contribution in [2.24, 2.45) is 0 Å². The maximum atomic E-state index is 6.55. The highest BCUT2D eigenvalue weighted by atomic mass is 16.3. The van der Waals surface area contributed by atoms with E-state index in [0.29, 0.717) is 0 Å². The van der Waals surface area contributed by atoms with Crippen molar-refractivity contribution in [3.63, 3.8) is 0 Å². The van der Waals surface area contributed by atoms with Crippen LogP contribution in [0.3, 0.4) is 0 Å². The first-order valence-corrected chi connectivity index (χ1v) is 16.5. The lowest BCUT2D eigenvalue weighted by Gasteiger charge is -2.16. The van der Waals surface area contributed by atoms with E-state index in [4.69, 9.17) is 4.42 Å². The normalized spacial score (nSPS) is 12.1. The van der Waals surface area contributed by atoms with Crippen molar-refractivity contribution >= 4 is 60.3 Å². The highest BCUT2D eigenvalue weighted by Gasteiger charge is 2.16. The molecule has 1 heterocycles. The monoisotopic (exact) mass is 612 g/mol. The molecule has 9 rings (SSSR count). The molecule has 1 heteroatoms. The van der Waals surface area contributed by atoms with Crippen LogP contribution in [0.25, 0.3) is 93.7 Å². The summed E-state index contributed by atoms with van der Waals surface area (Å²) in [5.41, 5.74) is 10.2. The van der Waals surface area contributed by atoms with Crippen LogP contribution >= 0.6 is 0 Å². The first-order chi connectivity index (χ1) is 23.8. The number of allylic oxidation sites excluding steroid dienone is 3. The third kappa shape index (κ3) is 4.63. The topological polar surface area (TPSA) is 13.1 Å². The van der Waals surface area contributed by atoms with Crippen LogP contribution in [-0.2, 0) is 0 Å². The lowest BCUT2D eigenvalue weighted by Crippen LogP contribution is -1.91. The van der Waals surface area contributed by atoms with Crippen LogP contribution in [0.2, 0.25) is 0 Å². The van der Waals surface area contributed by atoms with Crippen molar-refractivity contribution in [1.82, 2.24) is 0 Å². The second-order valence-corrected chi connectivity index (χ2v) is 12.4. The molecule has 0 fully saturated rings. The Morgan fingerprint density at radius 2 is 1.12 bits per heavy atom. The van der Waals surface area contributed by atoms with Gasteiger partial charge < -0.3 is 4.42 Å². The van der Waals surface area contributed by atoms with E-state index in [1.807, 2.05) is 6.92 Å². The molecule has 0 atom stereocenters. The minimum Gasteiger partial charge on any atom is -0.455 e. The van der Waals surface area contributed by atoms with Gasteiger partial charge in [-0.3, -0.25) is 0 Å². The zero-order valence-corrected chi connectivity index (χ0v) is 26.7. The van der Waals surface area contributed by atoms with Gasteiger partial charge in [0.05, 0.1) is 0 Å². The van der Waals surface area contributed by atoms with Gasteiger partial charge in [0, 0.05) is 16.3 Å². The van der Waals surface area contributed by atoms with Gasteiger partial charge in [0.15, 0.2) is 0 Å². The number of rotatable bonds is 5. The van der Waals surface area contributed by atoms with Gasteiger partial charge >= 0.3 is 0 Å². The van der Waals surface area contributed by atoms with E-state index >= 15 is 0 Å². The Balaban J connectivity index is 1.19. The summed E-state index contributed by atoms with van der Waals surface area (Å²) in [6.07, 6.45) is 8.51. The Bertz CT molecular complexity index is 2720. The standard InChI is InChI=1S/C47H32O/c1-2-3-5-16-37-30-43(40-18-10-11-19-41(40)45(37)32-14-6-4-7-15-32)36-25-23-33-28-35(24-22-34(33)29-36)39-20-12-21-42-46-38-17-9-8-13-31(38)26-27-44(46)48-47(39)42/h2-30H,1H3/b3-2-,16-5-. The van der Waals surface area contributed by atoms with Crippen molar-refractivity contribution in [3.8, 4) is 33.4 Å². The second-order valence-electron chi connectivity index (χ2n) is 12.4. The van der Waals surface area contributed by atoms with Crippen LogP contribution in [0.4, 0.5) is 0 Å². The zero-order chi connectivity index (χ0) is 32.0. The molecular formula is C47H32O. The molecular weight excluding hydrogens is 581 g/mol. The Labute approximate surface area is 279 Å². The van der Waals surface area contributed by atoms with Crippen LogP contribution in [-0.4, -0.2) is 0 Å². The highest BCUT2D eigenvalue weighted by molar-refractivity contribution is 6.20. The third-order valence-electron chi connectivity index (χ3n) is 9.57. The molecule has 0 spiro atoms. The Morgan fingerprint density at radius 3 is 1.92 bits per heavy atom. The number of furan rings is 1. The predicted molar refractivity (Wildman–Crippen MR) is 206 cm³/mol. The number of fused-ring (bicyclic) bond motifs is 7. The lowest BCUT2D eigenvalue weighted by atomic mass is 9.87. The quantitative estimate of drug-likeness (QED) is 0.176. The van der Waals surface area contributed by atoms with Crippen LogP contribution in [0.1, 0.15) is 12.5 Å². The first-order valence-electron chi connectivity index (χ1n) is 16.5. The van der Waals surface area contributed by atoms with E-state index in [-0.39, 0.29) is 0 Å². The Hall–Kier alpha value is -6.18. The number of hydrogen-bond donors (Lipinski definition) is 0. The summed E-state index contributed by atoms with van der Waals surface area (Å²) in [6.45, 7) is 2.05. The Kier molecular flexibility index (Phi) is 6.76. The van der Waals surface area contributed by atoms with Crippen LogP contribution in [0.15, 0.2) is 174 Å². The van der Waals surface area contributed by atoms with Crippen molar-refractivity contribution in [2.45, 2.75) is 6.92 Å². The smallest absolute Gasteiger partial charge is 0.143 e. The minimum atomic E-state index is 0.923. The van der Waals surface area contributed by atoms with Gasteiger partial charge in [0.25, 0.3) is 0 Å². The summed E-state index contributed by atoms with van der Waals surface area (Å²) < 4.78 is 6.55. The molecule has 0 N–H and O–H groups in total.